The fraction of sp³-hybridized carbons (Fsp3) is 0.562. The average molecular weight is 247 g/mol. The molecule has 2 nitrogen and oxygen atoms in total. The van der Waals surface area contributed by atoms with Crippen LogP contribution in [0.3, 0.4) is 0 Å². The molecule has 0 fully saturated rings. The third-order valence-electron chi connectivity index (χ3n) is 3.45. The number of nitrogens with one attached hydrogen (secondary N) is 1. The normalized spacial score (nSPS) is 11.9. The number of hydrogen-bond donors (Lipinski definition) is 1. The highest BCUT2D eigenvalue weighted by molar-refractivity contribution is 5.51. The quantitative estimate of drug-likeness (QED) is 0.618. The number of hydrogen-bond acceptors (Lipinski definition) is 2. The maximum atomic E-state index is 10.4. The van der Waals surface area contributed by atoms with Gasteiger partial charge < -0.3 is 10.1 Å². The highest BCUT2D eigenvalue weighted by Gasteiger charge is 2.22. The van der Waals surface area contributed by atoms with E-state index in [-0.39, 0.29) is 5.41 Å². The first-order chi connectivity index (χ1) is 8.38. The summed E-state index contributed by atoms with van der Waals surface area (Å²) in [5, 5.41) is 3.18. The van der Waals surface area contributed by atoms with Crippen LogP contribution in [0.4, 0.5) is 0 Å². The highest BCUT2D eigenvalue weighted by atomic mass is 16.1. The van der Waals surface area contributed by atoms with Gasteiger partial charge in [-0.25, -0.2) is 0 Å². The third-order valence-corrected chi connectivity index (χ3v) is 3.45. The smallest absolute Gasteiger partial charge is 0.133 e. The van der Waals surface area contributed by atoms with Crippen LogP contribution in [0.5, 0.6) is 0 Å². The third kappa shape index (κ3) is 3.67. The number of rotatable bonds is 6. The van der Waals surface area contributed by atoms with Crippen molar-refractivity contribution in [1.82, 2.24) is 5.32 Å². The van der Waals surface area contributed by atoms with Crippen molar-refractivity contribution in [3.63, 3.8) is 0 Å². The Kier molecular flexibility index (Phi) is 5.09. The van der Waals surface area contributed by atoms with Gasteiger partial charge in [-0.05, 0) is 29.5 Å². The molecule has 0 aliphatic carbocycles. The molecule has 0 spiro atoms. The Morgan fingerprint density at radius 1 is 1.33 bits per heavy atom. The van der Waals surface area contributed by atoms with Gasteiger partial charge in [-0.1, -0.05) is 45.9 Å². The van der Waals surface area contributed by atoms with Gasteiger partial charge in [-0.15, -0.1) is 0 Å². The van der Waals surface area contributed by atoms with E-state index in [2.05, 4.69) is 58.1 Å². The van der Waals surface area contributed by atoms with Crippen LogP contribution in [-0.4, -0.2) is 19.4 Å². The van der Waals surface area contributed by atoms with Gasteiger partial charge in [-0.2, -0.15) is 0 Å². The van der Waals surface area contributed by atoms with Crippen LogP contribution >= 0.6 is 0 Å². The summed E-state index contributed by atoms with van der Waals surface area (Å²) >= 11 is 0. The minimum absolute atomic E-state index is 0.0397. The van der Waals surface area contributed by atoms with Crippen molar-refractivity contribution in [1.29, 1.82) is 0 Å². The van der Waals surface area contributed by atoms with Gasteiger partial charge in [0.1, 0.15) is 6.29 Å². The number of aryl methyl sites for hydroxylation is 1. The molecule has 1 aromatic carbocycles. The van der Waals surface area contributed by atoms with Crippen LogP contribution in [0, 0.1) is 6.92 Å². The van der Waals surface area contributed by atoms with Crippen LogP contribution in [0.1, 0.15) is 50.3 Å². The van der Waals surface area contributed by atoms with Gasteiger partial charge in [-0.3, -0.25) is 0 Å². The maximum Gasteiger partial charge on any atom is 0.133 e. The van der Waals surface area contributed by atoms with Crippen LogP contribution in [-0.2, 0) is 10.2 Å². The Morgan fingerprint density at radius 2 is 2.00 bits per heavy atom. The predicted molar refractivity (Wildman–Crippen MR) is 77.2 cm³/mol. The zero-order valence-electron chi connectivity index (χ0n) is 12.2. The highest BCUT2D eigenvalue weighted by Crippen LogP contribution is 2.28. The van der Waals surface area contributed by atoms with Crippen molar-refractivity contribution in [2.75, 3.05) is 13.1 Å². The van der Waals surface area contributed by atoms with Gasteiger partial charge in [0.05, 0.1) is 6.54 Å². The molecule has 0 radical (unpaired) electrons. The Hall–Kier alpha value is -1.15. The molecule has 100 valence electrons. The lowest BCUT2D eigenvalue weighted by atomic mass is 9.80. The lowest BCUT2D eigenvalue weighted by molar-refractivity contribution is -0.107. The van der Waals surface area contributed by atoms with Crippen molar-refractivity contribution in [3.8, 4) is 0 Å². The van der Waals surface area contributed by atoms with Crippen molar-refractivity contribution in [3.05, 3.63) is 34.9 Å². The molecular weight excluding hydrogens is 222 g/mol. The number of benzene rings is 1. The van der Waals surface area contributed by atoms with Gasteiger partial charge in [0.15, 0.2) is 0 Å². The number of carbonyl (C=O) groups is 1. The van der Waals surface area contributed by atoms with Crippen molar-refractivity contribution < 1.29 is 4.79 Å². The minimum Gasteiger partial charge on any atom is -0.309 e. The second-order valence-corrected chi connectivity index (χ2v) is 5.91. The molecule has 18 heavy (non-hydrogen) atoms. The molecule has 1 aromatic rings. The summed E-state index contributed by atoms with van der Waals surface area (Å²) in [4.78, 5) is 10.4. The number of carbonyl (C=O) groups excluding carboxylic acids is 1. The largest absolute Gasteiger partial charge is 0.309 e. The van der Waals surface area contributed by atoms with Crippen molar-refractivity contribution >= 4 is 6.29 Å². The van der Waals surface area contributed by atoms with E-state index < -0.39 is 0 Å². The molecular formula is C16H25NO. The first-order valence-corrected chi connectivity index (χ1v) is 6.64. The topological polar surface area (TPSA) is 29.1 Å². The van der Waals surface area contributed by atoms with Gasteiger partial charge in [0, 0.05) is 12.0 Å². The van der Waals surface area contributed by atoms with Crippen LogP contribution < -0.4 is 5.32 Å². The fourth-order valence-electron chi connectivity index (χ4n) is 2.27. The van der Waals surface area contributed by atoms with E-state index in [1.165, 1.54) is 16.7 Å². The summed E-state index contributed by atoms with van der Waals surface area (Å²) in [5.41, 5.74) is 4.10. The van der Waals surface area contributed by atoms with E-state index in [1.807, 2.05) is 0 Å². The lowest BCUT2D eigenvalue weighted by Gasteiger charge is -2.28. The second kappa shape index (κ2) is 6.14. The Morgan fingerprint density at radius 3 is 2.56 bits per heavy atom. The first-order valence-electron chi connectivity index (χ1n) is 6.64. The predicted octanol–water partition coefficient (Wildman–Crippen LogP) is 3.18. The van der Waals surface area contributed by atoms with E-state index in [9.17, 15) is 4.79 Å². The maximum absolute atomic E-state index is 10.4. The zero-order valence-corrected chi connectivity index (χ0v) is 12.2. The van der Waals surface area contributed by atoms with Gasteiger partial charge >= 0.3 is 0 Å². The molecule has 0 saturated heterocycles. The average Bonchev–Trinajstić information content (AvgIpc) is 2.29. The molecule has 2 heteroatoms. The second-order valence-electron chi connectivity index (χ2n) is 5.91. The van der Waals surface area contributed by atoms with Crippen molar-refractivity contribution in [2.45, 2.75) is 46.0 Å². The van der Waals surface area contributed by atoms with E-state index in [4.69, 9.17) is 0 Å². The van der Waals surface area contributed by atoms with Crippen LogP contribution in [0.15, 0.2) is 18.2 Å². The Labute approximate surface area is 111 Å². The summed E-state index contributed by atoms with van der Waals surface area (Å²) < 4.78 is 0. The Balaban J connectivity index is 2.98. The molecule has 0 unspecified atom stereocenters. The SMILES string of the molecule is Cc1ccc(C(C)C)cc1C(C)(C)CNCC=O. The van der Waals surface area contributed by atoms with E-state index >= 15 is 0 Å². The van der Waals surface area contributed by atoms with E-state index in [1.54, 1.807) is 0 Å². The molecule has 0 saturated carbocycles. The van der Waals surface area contributed by atoms with Gasteiger partial charge in [0.25, 0.3) is 0 Å². The summed E-state index contributed by atoms with van der Waals surface area (Å²) in [6.45, 7) is 12.3. The van der Waals surface area contributed by atoms with Crippen LogP contribution in [0.2, 0.25) is 0 Å². The van der Waals surface area contributed by atoms with Crippen LogP contribution in [0.25, 0.3) is 0 Å². The molecule has 0 aliphatic rings. The standard InChI is InChI=1S/C16H25NO/c1-12(2)14-7-6-13(3)15(10-14)16(4,5)11-17-8-9-18/h6-7,9-10,12,17H,8,11H2,1-5H3. The molecule has 0 atom stereocenters. The lowest BCUT2D eigenvalue weighted by Crippen LogP contribution is -2.34. The zero-order chi connectivity index (χ0) is 13.8. The molecule has 1 rings (SSSR count). The summed E-state index contributed by atoms with van der Waals surface area (Å²) in [6, 6.07) is 6.72. The molecule has 0 bridgehead atoms. The molecule has 0 aliphatic heterocycles. The number of aldehydes is 1. The molecule has 1 N–H and O–H groups in total. The molecule has 0 aromatic heterocycles. The summed E-state index contributed by atoms with van der Waals surface area (Å²) in [7, 11) is 0. The van der Waals surface area contributed by atoms with Gasteiger partial charge in [0.2, 0.25) is 0 Å². The monoisotopic (exact) mass is 247 g/mol. The van der Waals surface area contributed by atoms with E-state index in [0.717, 1.165) is 12.8 Å². The van der Waals surface area contributed by atoms with Crippen molar-refractivity contribution in [2.24, 2.45) is 0 Å². The minimum atomic E-state index is 0.0397. The molecule has 0 amide bonds. The van der Waals surface area contributed by atoms with E-state index in [0.29, 0.717) is 12.5 Å². The Bertz CT molecular complexity index is 408. The summed E-state index contributed by atoms with van der Waals surface area (Å²) in [5.74, 6) is 0.545. The summed E-state index contributed by atoms with van der Waals surface area (Å²) in [6.07, 6.45) is 0.910. The first kappa shape index (κ1) is 14.9. The molecule has 0 heterocycles. The fourth-order valence-corrected chi connectivity index (χ4v) is 2.27.